The molecule has 0 aromatic heterocycles. The van der Waals surface area contributed by atoms with Crippen LogP contribution in [0.15, 0.2) is 18.2 Å². The number of fused-ring (bicyclic) bond motifs is 2. The van der Waals surface area contributed by atoms with Crippen molar-refractivity contribution in [2.24, 2.45) is 0 Å². The monoisotopic (exact) mass is 313 g/mol. The third-order valence-electron chi connectivity index (χ3n) is 6.41. The number of amides is 1. The van der Waals surface area contributed by atoms with E-state index >= 15 is 0 Å². The second-order valence-corrected chi connectivity index (χ2v) is 7.53. The maximum Gasteiger partial charge on any atom is 0.235 e. The summed E-state index contributed by atoms with van der Waals surface area (Å²) >= 11 is 0. The number of benzene rings is 1. The quantitative estimate of drug-likeness (QED) is 0.881. The maximum atomic E-state index is 12.8. The molecule has 1 saturated carbocycles. The van der Waals surface area contributed by atoms with Crippen LogP contribution in [0.2, 0.25) is 0 Å². The van der Waals surface area contributed by atoms with E-state index in [1.165, 1.54) is 24.1 Å². The molecular weight excluding hydrogens is 286 g/mol. The molecule has 2 fully saturated rings. The number of hydrogen-bond donors (Lipinski definition) is 2. The van der Waals surface area contributed by atoms with E-state index in [1.54, 1.807) is 0 Å². The highest BCUT2D eigenvalue weighted by Gasteiger charge is 2.49. The van der Waals surface area contributed by atoms with Crippen LogP contribution in [0.4, 0.5) is 5.69 Å². The van der Waals surface area contributed by atoms with Gasteiger partial charge in [0.15, 0.2) is 0 Å². The van der Waals surface area contributed by atoms with Crippen molar-refractivity contribution in [1.29, 1.82) is 0 Å². The molecule has 1 aromatic carbocycles. The van der Waals surface area contributed by atoms with Crippen LogP contribution < -0.4 is 10.6 Å². The fourth-order valence-corrected chi connectivity index (χ4v) is 4.90. The van der Waals surface area contributed by atoms with E-state index in [0.29, 0.717) is 12.1 Å². The maximum absolute atomic E-state index is 12.8. The Kier molecular flexibility index (Phi) is 3.69. The zero-order chi connectivity index (χ0) is 16.0. The normalized spacial score (nSPS) is 33.9. The predicted molar refractivity (Wildman–Crippen MR) is 92.8 cm³/mol. The summed E-state index contributed by atoms with van der Waals surface area (Å²) in [5, 5.41) is 6.57. The van der Waals surface area contributed by atoms with Crippen LogP contribution in [0.1, 0.15) is 43.2 Å². The van der Waals surface area contributed by atoms with Gasteiger partial charge in [-0.3, -0.25) is 9.69 Å². The van der Waals surface area contributed by atoms with Crippen molar-refractivity contribution in [2.75, 3.05) is 25.5 Å². The third kappa shape index (κ3) is 2.31. The molecule has 4 nitrogen and oxygen atoms in total. The molecule has 1 spiro atoms. The van der Waals surface area contributed by atoms with Crippen molar-refractivity contribution in [3.8, 4) is 0 Å². The zero-order valence-corrected chi connectivity index (χ0v) is 14.2. The zero-order valence-electron chi connectivity index (χ0n) is 14.2. The number of para-hydroxylation sites is 1. The molecule has 1 aliphatic carbocycles. The Morgan fingerprint density at radius 3 is 2.74 bits per heavy atom. The summed E-state index contributed by atoms with van der Waals surface area (Å²) in [6.07, 6.45) is 5.50. The number of likely N-dealkylation sites (N-methyl/N-ethyl adjacent to an activating group) is 1. The van der Waals surface area contributed by atoms with Crippen LogP contribution in [-0.4, -0.2) is 43.0 Å². The van der Waals surface area contributed by atoms with Gasteiger partial charge in [0.05, 0.1) is 5.41 Å². The van der Waals surface area contributed by atoms with E-state index in [2.05, 4.69) is 47.7 Å². The lowest BCUT2D eigenvalue weighted by Crippen LogP contribution is -2.45. The standard InChI is InChI=1S/C19H27N3O/c1-13-4-3-5-16-17(13)21-18(23)19(16)9-6-15(7-10-19)22-11-8-14(12-22)20-2/h3-5,14-15,20H,6-12H2,1-2H3,(H,21,23). The summed E-state index contributed by atoms with van der Waals surface area (Å²) in [7, 11) is 2.06. The van der Waals surface area contributed by atoms with Crippen molar-refractivity contribution in [3.63, 3.8) is 0 Å². The first-order valence-electron chi connectivity index (χ1n) is 8.97. The van der Waals surface area contributed by atoms with Crippen LogP contribution in [0.5, 0.6) is 0 Å². The minimum absolute atomic E-state index is 0.231. The molecule has 0 bridgehead atoms. The Balaban J connectivity index is 1.52. The number of hydrogen-bond acceptors (Lipinski definition) is 3. The summed E-state index contributed by atoms with van der Waals surface area (Å²) in [4.78, 5) is 15.4. The van der Waals surface area contributed by atoms with E-state index in [-0.39, 0.29) is 11.3 Å². The topological polar surface area (TPSA) is 44.4 Å². The van der Waals surface area contributed by atoms with Gasteiger partial charge < -0.3 is 10.6 Å². The summed E-state index contributed by atoms with van der Waals surface area (Å²) in [5.74, 6) is 0.231. The van der Waals surface area contributed by atoms with E-state index in [4.69, 9.17) is 0 Å². The van der Waals surface area contributed by atoms with Crippen molar-refractivity contribution in [3.05, 3.63) is 29.3 Å². The molecule has 2 aliphatic heterocycles. The van der Waals surface area contributed by atoms with Crippen LogP contribution in [-0.2, 0) is 10.2 Å². The summed E-state index contributed by atoms with van der Waals surface area (Å²) in [5.41, 5.74) is 3.24. The van der Waals surface area contributed by atoms with Crippen LogP contribution in [0.3, 0.4) is 0 Å². The fraction of sp³-hybridized carbons (Fsp3) is 0.632. The summed E-state index contributed by atoms with van der Waals surface area (Å²) < 4.78 is 0. The van der Waals surface area contributed by atoms with Gasteiger partial charge in [0, 0.05) is 30.9 Å². The Labute approximate surface area is 138 Å². The summed E-state index contributed by atoms with van der Waals surface area (Å²) in [6, 6.07) is 7.64. The Hall–Kier alpha value is -1.39. The van der Waals surface area contributed by atoms with E-state index < -0.39 is 0 Å². The van der Waals surface area contributed by atoms with Gasteiger partial charge >= 0.3 is 0 Å². The first-order chi connectivity index (χ1) is 11.1. The number of likely N-dealkylation sites (tertiary alicyclic amines) is 1. The van der Waals surface area contributed by atoms with Crippen molar-refractivity contribution in [2.45, 2.75) is 56.5 Å². The molecule has 124 valence electrons. The molecule has 3 aliphatic rings. The Bertz CT molecular complexity index is 619. The molecule has 1 amide bonds. The molecule has 4 heteroatoms. The fourth-order valence-electron chi connectivity index (χ4n) is 4.90. The molecule has 1 aromatic rings. The molecule has 1 atom stereocenters. The van der Waals surface area contributed by atoms with Crippen molar-refractivity contribution >= 4 is 11.6 Å². The van der Waals surface area contributed by atoms with Gasteiger partial charge in [-0.2, -0.15) is 0 Å². The average molecular weight is 313 g/mol. The van der Waals surface area contributed by atoms with Crippen LogP contribution in [0.25, 0.3) is 0 Å². The van der Waals surface area contributed by atoms with Gasteiger partial charge in [-0.05, 0) is 57.2 Å². The van der Waals surface area contributed by atoms with Gasteiger partial charge in [-0.15, -0.1) is 0 Å². The molecule has 2 heterocycles. The number of rotatable bonds is 2. The molecular formula is C19H27N3O. The largest absolute Gasteiger partial charge is 0.325 e. The second kappa shape index (κ2) is 5.60. The number of nitrogens with zero attached hydrogens (tertiary/aromatic N) is 1. The Morgan fingerprint density at radius 1 is 1.26 bits per heavy atom. The SMILES string of the molecule is CNC1CCN(C2CCC3(CC2)C(=O)Nc2c(C)cccc23)C1. The lowest BCUT2D eigenvalue weighted by molar-refractivity contribution is -0.122. The molecule has 2 N–H and O–H groups in total. The lowest BCUT2D eigenvalue weighted by Gasteiger charge is -2.39. The van der Waals surface area contributed by atoms with Crippen LogP contribution in [0, 0.1) is 6.92 Å². The number of nitrogens with one attached hydrogen (secondary N) is 2. The van der Waals surface area contributed by atoms with Gasteiger partial charge in [0.25, 0.3) is 0 Å². The van der Waals surface area contributed by atoms with Gasteiger partial charge in [0.2, 0.25) is 5.91 Å². The highest BCUT2D eigenvalue weighted by molar-refractivity contribution is 6.07. The minimum Gasteiger partial charge on any atom is -0.325 e. The predicted octanol–water partition coefficient (Wildman–Crippen LogP) is 2.42. The second-order valence-electron chi connectivity index (χ2n) is 7.53. The van der Waals surface area contributed by atoms with Gasteiger partial charge in [-0.1, -0.05) is 18.2 Å². The van der Waals surface area contributed by atoms with E-state index in [1.807, 2.05) is 0 Å². The summed E-state index contributed by atoms with van der Waals surface area (Å²) in [6.45, 7) is 4.45. The van der Waals surface area contributed by atoms with Crippen molar-refractivity contribution in [1.82, 2.24) is 10.2 Å². The lowest BCUT2D eigenvalue weighted by atomic mass is 9.68. The molecule has 4 rings (SSSR count). The van der Waals surface area contributed by atoms with Crippen LogP contribution >= 0.6 is 0 Å². The smallest absolute Gasteiger partial charge is 0.235 e. The molecule has 1 unspecified atom stereocenters. The number of anilines is 1. The van der Waals surface area contributed by atoms with Gasteiger partial charge in [0.1, 0.15) is 0 Å². The van der Waals surface area contributed by atoms with E-state index in [9.17, 15) is 4.79 Å². The molecule has 23 heavy (non-hydrogen) atoms. The van der Waals surface area contributed by atoms with Gasteiger partial charge in [-0.25, -0.2) is 0 Å². The number of aryl methyl sites for hydroxylation is 1. The number of carbonyl (C=O) groups excluding carboxylic acids is 1. The first kappa shape index (κ1) is 15.2. The third-order valence-corrected chi connectivity index (χ3v) is 6.41. The highest BCUT2D eigenvalue weighted by atomic mass is 16.2. The van der Waals surface area contributed by atoms with E-state index in [0.717, 1.165) is 37.9 Å². The highest BCUT2D eigenvalue weighted by Crippen LogP contribution is 2.49. The number of carbonyl (C=O) groups is 1. The molecule has 1 saturated heterocycles. The van der Waals surface area contributed by atoms with Crippen molar-refractivity contribution < 1.29 is 4.79 Å². The minimum atomic E-state index is -0.264. The first-order valence-corrected chi connectivity index (χ1v) is 8.97. The Morgan fingerprint density at radius 2 is 2.04 bits per heavy atom. The molecule has 0 radical (unpaired) electrons. The average Bonchev–Trinajstić information content (AvgIpc) is 3.15.